The quantitative estimate of drug-likeness (QED) is 0.777. The number of rotatable bonds is 5. The molecule has 1 unspecified atom stereocenters. The van der Waals surface area contributed by atoms with Gasteiger partial charge in [0.25, 0.3) is 0 Å². The first kappa shape index (κ1) is 14.5. The summed E-state index contributed by atoms with van der Waals surface area (Å²) in [6.07, 6.45) is 7.00. The van der Waals surface area contributed by atoms with Crippen molar-refractivity contribution in [1.82, 2.24) is 5.32 Å². The molecule has 4 nitrogen and oxygen atoms in total. The van der Waals surface area contributed by atoms with E-state index in [-0.39, 0.29) is 6.04 Å². The van der Waals surface area contributed by atoms with Gasteiger partial charge in [-0.3, -0.25) is 10.1 Å². The Hall–Kier alpha value is -0.610. The Morgan fingerprint density at radius 1 is 1.29 bits per heavy atom. The Morgan fingerprint density at radius 3 is 2.29 bits per heavy atom. The van der Waals surface area contributed by atoms with E-state index < -0.39 is 11.5 Å². The van der Waals surface area contributed by atoms with Gasteiger partial charge in [-0.1, -0.05) is 32.1 Å². The highest BCUT2D eigenvalue weighted by molar-refractivity contribution is 5.78. The van der Waals surface area contributed by atoms with Crippen LogP contribution in [0.5, 0.6) is 0 Å². The maximum Gasteiger partial charge on any atom is 0.323 e. The summed E-state index contributed by atoms with van der Waals surface area (Å²) in [5.74, 6) is -0.706. The van der Waals surface area contributed by atoms with Crippen LogP contribution in [0.1, 0.15) is 51.9 Å². The van der Waals surface area contributed by atoms with Crippen molar-refractivity contribution in [3.63, 3.8) is 0 Å². The second-order valence-corrected chi connectivity index (χ2v) is 5.16. The van der Waals surface area contributed by atoms with E-state index in [0.29, 0.717) is 6.61 Å². The van der Waals surface area contributed by atoms with Crippen molar-refractivity contribution in [3.05, 3.63) is 0 Å². The number of hydrogen-bond donors (Lipinski definition) is 2. The van der Waals surface area contributed by atoms with Gasteiger partial charge in [-0.05, 0) is 19.8 Å². The third kappa shape index (κ3) is 4.28. The monoisotopic (exact) mass is 243 g/mol. The van der Waals surface area contributed by atoms with Crippen molar-refractivity contribution in [3.8, 4) is 0 Å². The smallest absolute Gasteiger partial charge is 0.323 e. The highest BCUT2D eigenvalue weighted by Gasteiger charge is 2.38. The van der Waals surface area contributed by atoms with Crippen LogP contribution < -0.4 is 5.32 Å². The topological polar surface area (TPSA) is 58.6 Å². The van der Waals surface area contributed by atoms with Gasteiger partial charge in [0.2, 0.25) is 0 Å². The second kappa shape index (κ2) is 6.97. The Morgan fingerprint density at radius 2 is 1.82 bits per heavy atom. The normalized spacial score (nSPS) is 22.5. The predicted octanol–water partition coefficient (Wildman–Crippen LogP) is 2.18. The minimum absolute atomic E-state index is 0.0792. The molecule has 1 saturated carbocycles. The van der Waals surface area contributed by atoms with Gasteiger partial charge in [-0.2, -0.15) is 0 Å². The van der Waals surface area contributed by atoms with Crippen molar-refractivity contribution in [2.45, 2.75) is 63.5 Å². The minimum atomic E-state index is -0.738. The molecule has 1 fully saturated rings. The molecular weight excluding hydrogens is 218 g/mol. The van der Waals surface area contributed by atoms with Gasteiger partial charge in [-0.25, -0.2) is 0 Å². The zero-order chi connectivity index (χ0) is 12.7. The molecule has 0 amide bonds. The number of methoxy groups -OCH3 is 1. The fourth-order valence-electron chi connectivity index (χ4n) is 2.69. The maximum atomic E-state index is 11.6. The number of hydrogen-bond acceptors (Lipinski definition) is 3. The summed E-state index contributed by atoms with van der Waals surface area (Å²) < 4.78 is 5.07. The number of carboxylic acids is 1. The summed E-state index contributed by atoms with van der Waals surface area (Å²) in [7, 11) is 1.64. The molecule has 1 aliphatic rings. The van der Waals surface area contributed by atoms with Crippen LogP contribution in [0.2, 0.25) is 0 Å². The first-order valence-electron chi connectivity index (χ1n) is 6.61. The standard InChI is InChI=1S/C13H25NO3/c1-11(10-17-2)14-13(12(15)16)8-6-4-3-5-7-9-13/h11,14H,3-10H2,1-2H3,(H,15,16). The van der Waals surface area contributed by atoms with E-state index in [2.05, 4.69) is 5.32 Å². The van der Waals surface area contributed by atoms with Gasteiger partial charge in [0.1, 0.15) is 5.54 Å². The number of nitrogens with one attached hydrogen (secondary N) is 1. The Bertz CT molecular complexity index is 235. The number of carbonyl (C=O) groups is 1. The molecule has 1 atom stereocenters. The molecule has 0 aromatic heterocycles. The summed E-state index contributed by atoms with van der Waals surface area (Å²) in [5, 5.41) is 12.8. The third-order valence-electron chi connectivity index (χ3n) is 3.56. The largest absolute Gasteiger partial charge is 0.480 e. The zero-order valence-corrected chi connectivity index (χ0v) is 11.0. The van der Waals surface area contributed by atoms with Crippen molar-refractivity contribution in [2.75, 3.05) is 13.7 Å². The highest BCUT2D eigenvalue weighted by atomic mass is 16.5. The molecule has 0 spiro atoms. The van der Waals surface area contributed by atoms with Crippen LogP contribution >= 0.6 is 0 Å². The number of ether oxygens (including phenoxy) is 1. The SMILES string of the molecule is COCC(C)NC1(C(=O)O)CCCCCCC1. The van der Waals surface area contributed by atoms with Crippen molar-refractivity contribution in [1.29, 1.82) is 0 Å². The lowest BCUT2D eigenvalue weighted by atomic mass is 9.83. The lowest BCUT2D eigenvalue weighted by molar-refractivity contribution is -0.146. The predicted molar refractivity (Wildman–Crippen MR) is 67.2 cm³/mol. The van der Waals surface area contributed by atoms with Crippen LogP contribution in [0.4, 0.5) is 0 Å². The minimum Gasteiger partial charge on any atom is -0.480 e. The molecule has 1 aliphatic carbocycles. The Balaban J connectivity index is 2.67. The van der Waals surface area contributed by atoms with Crippen LogP contribution in [0.25, 0.3) is 0 Å². The maximum absolute atomic E-state index is 11.6. The van der Waals surface area contributed by atoms with E-state index in [9.17, 15) is 9.90 Å². The molecule has 0 saturated heterocycles. The van der Waals surface area contributed by atoms with Crippen LogP contribution in [-0.2, 0) is 9.53 Å². The van der Waals surface area contributed by atoms with Gasteiger partial charge in [0.15, 0.2) is 0 Å². The summed E-state index contributed by atoms with van der Waals surface area (Å²) in [6, 6.07) is 0.0792. The molecule has 1 rings (SSSR count). The molecule has 2 N–H and O–H groups in total. The van der Waals surface area contributed by atoms with E-state index in [4.69, 9.17) is 4.74 Å². The molecule has 0 heterocycles. The lowest BCUT2D eigenvalue weighted by Crippen LogP contribution is -2.56. The summed E-state index contributed by atoms with van der Waals surface area (Å²) in [5.41, 5.74) is -0.738. The first-order chi connectivity index (χ1) is 8.10. The molecule has 4 heteroatoms. The molecule has 0 radical (unpaired) electrons. The fourth-order valence-corrected chi connectivity index (χ4v) is 2.69. The summed E-state index contributed by atoms with van der Waals surface area (Å²) in [6.45, 7) is 2.53. The Kier molecular flexibility index (Phi) is 5.92. The molecule has 0 aromatic carbocycles. The van der Waals surface area contributed by atoms with Gasteiger partial charge < -0.3 is 9.84 Å². The molecular formula is C13H25NO3. The highest BCUT2D eigenvalue weighted by Crippen LogP contribution is 2.27. The molecule has 17 heavy (non-hydrogen) atoms. The van der Waals surface area contributed by atoms with Crippen LogP contribution in [0.3, 0.4) is 0 Å². The first-order valence-corrected chi connectivity index (χ1v) is 6.61. The van der Waals surface area contributed by atoms with E-state index in [0.717, 1.165) is 38.5 Å². The Labute approximate surface area is 104 Å². The van der Waals surface area contributed by atoms with Crippen molar-refractivity contribution >= 4 is 5.97 Å². The van der Waals surface area contributed by atoms with Gasteiger partial charge in [-0.15, -0.1) is 0 Å². The summed E-state index contributed by atoms with van der Waals surface area (Å²) in [4.78, 5) is 11.6. The summed E-state index contributed by atoms with van der Waals surface area (Å²) >= 11 is 0. The van der Waals surface area contributed by atoms with Crippen LogP contribution in [-0.4, -0.2) is 36.4 Å². The lowest BCUT2D eigenvalue weighted by Gasteiger charge is -2.35. The fraction of sp³-hybridized carbons (Fsp3) is 0.923. The average molecular weight is 243 g/mol. The van der Waals surface area contributed by atoms with Crippen LogP contribution in [0.15, 0.2) is 0 Å². The molecule has 0 bridgehead atoms. The molecule has 100 valence electrons. The second-order valence-electron chi connectivity index (χ2n) is 5.16. The van der Waals surface area contributed by atoms with E-state index >= 15 is 0 Å². The zero-order valence-electron chi connectivity index (χ0n) is 11.0. The van der Waals surface area contributed by atoms with Gasteiger partial charge in [0.05, 0.1) is 6.61 Å². The van der Waals surface area contributed by atoms with E-state index in [1.54, 1.807) is 7.11 Å². The molecule has 0 aliphatic heterocycles. The number of carboxylic acid groups (broad SMARTS) is 1. The third-order valence-corrected chi connectivity index (χ3v) is 3.56. The van der Waals surface area contributed by atoms with Gasteiger partial charge >= 0.3 is 5.97 Å². The van der Waals surface area contributed by atoms with Crippen molar-refractivity contribution < 1.29 is 14.6 Å². The number of aliphatic carboxylic acids is 1. The molecule has 0 aromatic rings. The van der Waals surface area contributed by atoms with E-state index in [1.807, 2.05) is 6.92 Å². The van der Waals surface area contributed by atoms with E-state index in [1.165, 1.54) is 6.42 Å². The van der Waals surface area contributed by atoms with Gasteiger partial charge in [0, 0.05) is 13.2 Å². The van der Waals surface area contributed by atoms with Crippen LogP contribution in [0, 0.1) is 0 Å². The average Bonchev–Trinajstić information content (AvgIpc) is 2.22. The van der Waals surface area contributed by atoms with Crippen molar-refractivity contribution in [2.24, 2.45) is 0 Å².